The first-order valence-corrected chi connectivity index (χ1v) is 7.24. The molecule has 0 aliphatic carbocycles. The second kappa shape index (κ2) is 6.22. The van der Waals surface area contributed by atoms with Gasteiger partial charge in [0.2, 0.25) is 0 Å². The van der Waals surface area contributed by atoms with Crippen molar-refractivity contribution < 1.29 is 0 Å². The lowest BCUT2D eigenvalue weighted by molar-refractivity contribution is 0.371. The first kappa shape index (κ1) is 14.8. The van der Waals surface area contributed by atoms with Gasteiger partial charge in [-0.05, 0) is 41.8 Å². The number of rotatable bonds is 5. The molecule has 0 bridgehead atoms. The van der Waals surface area contributed by atoms with Crippen LogP contribution in [0.1, 0.15) is 39.7 Å². The number of hydrogen-bond donors (Lipinski definition) is 1. The van der Waals surface area contributed by atoms with Crippen LogP contribution in [0.25, 0.3) is 11.4 Å². The quantitative estimate of drug-likeness (QED) is 0.856. The molecule has 2 atom stereocenters. The third kappa shape index (κ3) is 2.93. The van der Waals surface area contributed by atoms with E-state index in [0.29, 0.717) is 22.5 Å². The summed E-state index contributed by atoms with van der Waals surface area (Å²) < 4.78 is 1.83. The zero-order valence-electron chi connectivity index (χ0n) is 12.0. The van der Waals surface area contributed by atoms with E-state index in [0.717, 1.165) is 18.4 Å². The maximum absolute atomic E-state index is 6.07. The molecular weight excluding hydrogens is 274 g/mol. The van der Waals surface area contributed by atoms with Crippen molar-refractivity contribution in [1.29, 1.82) is 0 Å². The van der Waals surface area contributed by atoms with Gasteiger partial charge in [-0.15, -0.1) is 5.10 Å². The second-order valence-corrected chi connectivity index (χ2v) is 5.65. The van der Waals surface area contributed by atoms with Crippen LogP contribution in [0.2, 0.25) is 5.02 Å². The smallest absolute Gasteiger partial charge is 0.184 e. The van der Waals surface area contributed by atoms with E-state index in [2.05, 4.69) is 36.3 Å². The highest BCUT2D eigenvalue weighted by atomic mass is 35.5. The molecular formula is C14H20ClN5. The first-order chi connectivity index (χ1) is 9.54. The van der Waals surface area contributed by atoms with E-state index in [-0.39, 0.29) is 6.04 Å². The second-order valence-electron chi connectivity index (χ2n) is 5.25. The lowest BCUT2D eigenvalue weighted by atomic mass is 10.0. The Labute approximate surface area is 124 Å². The Morgan fingerprint density at radius 2 is 2.10 bits per heavy atom. The molecule has 0 radical (unpaired) electrons. The molecule has 1 aromatic carbocycles. The van der Waals surface area contributed by atoms with Gasteiger partial charge in [0, 0.05) is 5.56 Å². The van der Waals surface area contributed by atoms with Crippen molar-refractivity contribution in [3.63, 3.8) is 0 Å². The van der Waals surface area contributed by atoms with Crippen molar-refractivity contribution in [2.75, 3.05) is 5.73 Å². The number of benzene rings is 1. The van der Waals surface area contributed by atoms with Crippen molar-refractivity contribution >= 4 is 17.3 Å². The van der Waals surface area contributed by atoms with E-state index in [9.17, 15) is 0 Å². The summed E-state index contributed by atoms with van der Waals surface area (Å²) in [6.45, 7) is 6.54. The number of hydrogen-bond acceptors (Lipinski definition) is 4. The van der Waals surface area contributed by atoms with Crippen molar-refractivity contribution in [2.45, 2.75) is 39.7 Å². The molecule has 2 rings (SSSR count). The topological polar surface area (TPSA) is 69.6 Å². The molecule has 5 nitrogen and oxygen atoms in total. The number of para-hydroxylation sites is 1. The lowest BCUT2D eigenvalue weighted by Gasteiger charge is -2.17. The van der Waals surface area contributed by atoms with E-state index < -0.39 is 0 Å². The van der Waals surface area contributed by atoms with Crippen molar-refractivity contribution in [1.82, 2.24) is 20.2 Å². The molecule has 0 aliphatic rings. The third-order valence-corrected chi connectivity index (χ3v) is 3.97. The van der Waals surface area contributed by atoms with Gasteiger partial charge >= 0.3 is 0 Å². The normalized spacial score (nSPS) is 14.2. The number of aromatic nitrogens is 4. The number of tetrazole rings is 1. The molecule has 0 fully saturated rings. The van der Waals surface area contributed by atoms with Gasteiger partial charge in [-0.1, -0.05) is 37.9 Å². The van der Waals surface area contributed by atoms with Crippen LogP contribution in [-0.4, -0.2) is 20.2 Å². The zero-order chi connectivity index (χ0) is 14.7. The maximum Gasteiger partial charge on any atom is 0.184 e. The third-order valence-electron chi connectivity index (χ3n) is 3.64. The highest BCUT2D eigenvalue weighted by Crippen LogP contribution is 2.31. The Morgan fingerprint density at radius 1 is 1.35 bits per heavy atom. The Morgan fingerprint density at radius 3 is 2.80 bits per heavy atom. The Kier molecular flexibility index (Phi) is 4.60. The minimum atomic E-state index is 0.216. The molecule has 0 saturated carbocycles. The van der Waals surface area contributed by atoms with Crippen LogP contribution in [0, 0.1) is 5.92 Å². The molecule has 6 heteroatoms. The van der Waals surface area contributed by atoms with Gasteiger partial charge < -0.3 is 5.73 Å². The zero-order valence-corrected chi connectivity index (χ0v) is 12.8. The Bertz CT molecular complexity index is 581. The van der Waals surface area contributed by atoms with Gasteiger partial charge in [-0.2, -0.15) is 0 Å². The molecule has 1 heterocycles. The SMILES string of the molecule is CCC(C)CC(C)n1nnnc1-c1cccc(Cl)c1N. The van der Waals surface area contributed by atoms with Crippen molar-refractivity contribution in [3.05, 3.63) is 23.2 Å². The van der Waals surface area contributed by atoms with Crippen LogP contribution in [0.3, 0.4) is 0 Å². The predicted octanol–water partition coefficient (Wildman–Crippen LogP) is 3.57. The molecule has 2 unspecified atom stereocenters. The Balaban J connectivity index is 2.35. The number of nitrogens with two attached hydrogens (primary N) is 1. The summed E-state index contributed by atoms with van der Waals surface area (Å²) in [6.07, 6.45) is 2.16. The summed E-state index contributed by atoms with van der Waals surface area (Å²) in [5.41, 5.74) is 7.32. The van der Waals surface area contributed by atoms with Crippen LogP contribution >= 0.6 is 11.6 Å². The maximum atomic E-state index is 6.07. The molecule has 20 heavy (non-hydrogen) atoms. The highest BCUT2D eigenvalue weighted by Gasteiger charge is 2.18. The molecule has 0 amide bonds. The molecule has 108 valence electrons. The first-order valence-electron chi connectivity index (χ1n) is 6.86. The molecule has 0 aliphatic heterocycles. The molecule has 2 N–H and O–H groups in total. The van der Waals surface area contributed by atoms with Gasteiger partial charge in [0.1, 0.15) is 0 Å². The average molecular weight is 294 g/mol. The van der Waals surface area contributed by atoms with Gasteiger partial charge in [0.05, 0.1) is 16.8 Å². The highest BCUT2D eigenvalue weighted by molar-refractivity contribution is 6.33. The summed E-state index contributed by atoms with van der Waals surface area (Å²) in [5.74, 6) is 1.29. The molecule has 1 aromatic heterocycles. The standard InChI is InChI=1S/C14H20ClN5/c1-4-9(2)8-10(3)20-14(17-18-19-20)11-6-5-7-12(15)13(11)16/h5-7,9-10H,4,8,16H2,1-3H3. The molecule has 0 spiro atoms. The predicted molar refractivity (Wildman–Crippen MR) is 81.5 cm³/mol. The fourth-order valence-electron chi connectivity index (χ4n) is 2.25. The van der Waals surface area contributed by atoms with E-state index in [1.165, 1.54) is 0 Å². The number of nitrogen functional groups attached to an aromatic ring is 1. The van der Waals surface area contributed by atoms with Crippen LogP contribution in [0.5, 0.6) is 0 Å². The van der Waals surface area contributed by atoms with Gasteiger partial charge in [0.15, 0.2) is 5.82 Å². The lowest BCUT2D eigenvalue weighted by Crippen LogP contribution is -2.12. The largest absolute Gasteiger partial charge is 0.397 e. The van der Waals surface area contributed by atoms with E-state index in [1.54, 1.807) is 6.07 Å². The van der Waals surface area contributed by atoms with Gasteiger partial charge in [-0.3, -0.25) is 0 Å². The minimum absolute atomic E-state index is 0.216. The summed E-state index contributed by atoms with van der Waals surface area (Å²) in [4.78, 5) is 0. The van der Waals surface area contributed by atoms with E-state index in [4.69, 9.17) is 17.3 Å². The summed E-state index contributed by atoms with van der Waals surface area (Å²) in [6, 6.07) is 5.72. The van der Waals surface area contributed by atoms with Crippen LogP contribution in [0.4, 0.5) is 5.69 Å². The average Bonchev–Trinajstić information content (AvgIpc) is 2.91. The number of halogens is 1. The number of anilines is 1. The number of nitrogens with zero attached hydrogens (tertiary/aromatic N) is 4. The summed E-state index contributed by atoms with van der Waals surface area (Å²) >= 11 is 6.07. The molecule has 2 aromatic rings. The van der Waals surface area contributed by atoms with Crippen molar-refractivity contribution in [2.24, 2.45) is 5.92 Å². The van der Waals surface area contributed by atoms with Crippen LogP contribution in [-0.2, 0) is 0 Å². The minimum Gasteiger partial charge on any atom is -0.397 e. The molecule has 0 saturated heterocycles. The summed E-state index contributed by atoms with van der Waals surface area (Å²) in [7, 11) is 0. The van der Waals surface area contributed by atoms with Gasteiger partial charge in [-0.25, -0.2) is 4.68 Å². The van der Waals surface area contributed by atoms with Crippen LogP contribution < -0.4 is 5.73 Å². The fourth-order valence-corrected chi connectivity index (χ4v) is 2.42. The van der Waals surface area contributed by atoms with Gasteiger partial charge in [0.25, 0.3) is 0 Å². The Hall–Kier alpha value is -1.62. The van der Waals surface area contributed by atoms with Crippen LogP contribution in [0.15, 0.2) is 18.2 Å². The van der Waals surface area contributed by atoms with Crippen molar-refractivity contribution in [3.8, 4) is 11.4 Å². The van der Waals surface area contributed by atoms with E-state index in [1.807, 2.05) is 16.8 Å². The van der Waals surface area contributed by atoms with E-state index >= 15 is 0 Å². The fraction of sp³-hybridized carbons (Fsp3) is 0.500. The monoisotopic (exact) mass is 293 g/mol. The summed E-state index contributed by atoms with van der Waals surface area (Å²) in [5, 5.41) is 12.5.